The molecule has 0 fully saturated rings. The Hall–Kier alpha value is -3.99. The maximum atomic E-state index is 12.8. The summed E-state index contributed by atoms with van der Waals surface area (Å²) in [4.78, 5) is 28.6. The summed E-state index contributed by atoms with van der Waals surface area (Å²) in [5.41, 5.74) is 6.64. The first-order valence-electron chi connectivity index (χ1n) is 11.5. The lowest BCUT2D eigenvalue weighted by Crippen LogP contribution is -2.22. The van der Waals surface area contributed by atoms with Gasteiger partial charge in [0, 0.05) is 29.5 Å². The van der Waals surface area contributed by atoms with Crippen molar-refractivity contribution < 1.29 is 14.7 Å². The highest BCUT2D eigenvalue weighted by Gasteiger charge is 2.12. The quantitative estimate of drug-likeness (QED) is 0.308. The molecule has 0 atom stereocenters. The molecule has 4 rings (SSSR count). The van der Waals surface area contributed by atoms with Gasteiger partial charge in [-0.3, -0.25) is 9.59 Å². The summed E-state index contributed by atoms with van der Waals surface area (Å²) in [5.74, 6) is -0.904. The van der Waals surface area contributed by atoms with E-state index in [9.17, 15) is 9.59 Å². The molecule has 172 valence electrons. The Labute approximate surface area is 199 Å². The van der Waals surface area contributed by atoms with Crippen molar-refractivity contribution >= 4 is 22.8 Å². The van der Waals surface area contributed by atoms with Crippen LogP contribution in [0.15, 0.2) is 78.9 Å². The molecule has 0 bridgehead atoms. The van der Waals surface area contributed by atoms with Crippen LogP contribution in [-0.4, -0.2) is 22.0 Å². The van der Waals surface area contributed by atoms with Crippen LogP contribution in [0.2, 0.25) is 0 Å². The van der Waals surface area contributed by atoms with Crippen LogP contribution in [0.3, 0.4) is 0 Å². The fourth-order valence-electron chi connectivity index (χ4n) is 3.98. The first-order valence-corrected chi connectivity index (χ1v) is 11.5. The van der Waals surface area contributed by atoms with Crippen LogP contribution in [0.1, 0.15) is 46.3 Å². The lowest BCUT2D eigenvalue weighted by molar-refractivity contribution is -0.137. The van der Waals surface area contributed by atoms with E-state index in [1.807, 2.05) is 73.7 Å². The van der Waals surface area contributed by atoms with Gasteiger partial charge in [-0.15, -0.1) is 0 Å². The van der Waals surface area contributed by atoms with Gasteiger partial charge in [-0.05, 0) is 61.6 Å². The highest BCUT2D eigenvalue weighted by Crippen LogP contribution is 2.28. The largest absolute Gasteiger partial charge is 0.481 e. The number of carboxylic acids is 1. The zero-order chi connectivity index (χ0) is 23.9. The number of amides is 1. The fraction of sp³-hybridized carbons (Fsp3) is 0.207. The molecule has 0 spiro atoms. The van der Waals surface area contributed by atoms with Gasteiger partial charge in [0.15, 0.2) is 0 Å². The molecule has 3 aromatic carbocycles. The molecule has 1 heterocycles. The molecule has 0 aliphatic rings. The Morgan fingerprint density at radius 2 is 1.68 bits per heavy atom. The van der Waals surface area contributed by atoms with Gasteiger partial charge in [-0.25, -0.2) is 4.98 Å². The summed E-state index contributed by atoms with van der Waals surface area (Å²) >= 11 is 0. The van der Waals surface area contributed by atoms with E-state index in [2.05, 4.69) is 11.4 Å². The van der Waals surface area contributed by atoms with Gasteiger partial charge in [0.25, 0.3) is 5.91 Å². The van der Waals surface area contributed by atoms with Crippen LogP contribution < -0.4 is 5.32 Å². The standard InChI is InChI=1S/C29H28N2O3/c1-20-11-13-21(14-12-20)19-30-29(34)24-15-16-26-25(18-24)17-23(9-5-6-10-27(32)33)28(31-26)22-7-3-2-4-8-22/h2-4,7-8,11-18H,5-6,9-10,19H2,1H3,(H,30,34)(H,32,33). The van der Waals surface area contributed by atoms with Crippen molar-refractivity contribution in [3.05, 3.63) is 101 Å². The minimum atomic E-state index is -0.777. The molecule has 1 amide bonds. The predicted octanol–water partition coefficient (Wildman–Crippen LogP) is 5.94. The normalized spacial score (nSPS) is 10.9. The molecule has 0 unspecified atom stereocenters. The van der Waals surface area contributed by atoms with Gasteiger partial charge in [-0.2, -0.15) is 0 Å². The molecule has 0 saturated carbocycles. The minimum absolute atomic E-state index is 0.127. The number of nitrogens with one attached hydrogen (secondary N) is 1. The van der Waals surface area contributed by atoms with Crippen LogP contribution in [0, 0.1) is 6.92 Å². The van der Waals surface area contributed by atoms with Crippen molar-refractivity contribution in [1.29, 1.82) is 0 Å². The van der Waals surface area contributed by atoms with E-state index in [0.717, 1.165) is 46.1 Å². The molecule has 4 aromatic rings. The van der Waals surface area contributed by atoms with Crippen LogP contribution in [0.4, 0.5) is 0 Å². The molecule has 5 heteroatoms. The lowest BCUT2D eigenvalue weighted by atomic mass is 9.98. The molecular formula is C29H28N2O3. The van der Waals surface area contributed by atoms with Crippen molar-refractivity contribution in [2.24, 2.45) is 0 Å². The summed E-state index contributed by atoms with van der Waals surface area (Å²) in [7, 11) is 0. The third kappa shape index (κ3) is 5.87. The van der Waals surface area contributed by atoms with E-state index in [1.165, 1.54) is 5.56 Å². The van der Waals surface area contributed by atoms with E-state index in [0.29, 0.717) is 18.5 Å². The summed E-state index contributed by atoms with van der Waals surface area (Å²) in [6, 6.07) is 25.7. The summed E-state index contributed by atoms with van der Waals surface area (Å²) in [6.07, 6.45) is 2.26. The van der Waals surface area contributed by atoms with Gasteiger partial charge in [0.05, 0.1) is 11.2 Å². The first kappa shape index (κ1) is 23.2. The number of aliphatic carboxylic acids is 1. The Morgan fingerprint density at radius 1 is 0.912 bits per heavy atom. The fourth-order valence-corrected chi connectivity index (χ4v) is 3.98. The van der Waals surface area contributed by atoms with Gasteiger partial charge in [0.1, 0.15) is 0 Å². The highest BCUT2D eigenvalue weighted by atomic mass is 16.4. The number of carboxylic acid groups (broad SMARTS) is 1. The number of hydrogen-bond donors (Lipinski definition) is 2. The van der Waals surface area contributed by atoms with Crippen molar-refractivity contribution in [3.63, 3.8) is 0 Å². The predicted molar refractivity (Wildman–Crippen MR) is 135 cm³/mol. The number of nitrogens with zero attached hydrogens (tertiary/aromatic N) is 1. The van der Waals surface area contributed by atoms with Crippen LogP contribution >= 0.6 is 0 Å². The van der Waals surface area contributed by atoms with E-state index in [1.54, 1.807) is 6.07 Å². The average molecular weight is 453 g/mol. The van der Waals surface area contributed by atoms with E-state index < -0.39 is 5.97 Å². The van der Waals surface area contributed by atoms with Crippen LogP contribution in [0.25, 0.3) is 22.2 Å². The van der Waals surface area contributed by atoms with E-state index in [-0.39, 0.29) is 12.3 Å². The first-order chi connectivity index (χ1) is 16.5. The molecule has 0 radical (unpaired) electrons. The number of fused-ring (bicyclic) bond motifs is 1. The summed E-state index contributed by atoms with van der Waals surface area (Å²) in [5, 5.41) is 12.8. The van der Waals surface area contributed by atoms with Crippen molar-refractivity contribution in [1.82, 2.24) is 10.3 Å². The number of hydrogen-bond acceptors (Lipinski definition) is 3. The van der Waals surface area contributed by atoms with Crippen molar-refractivity contribution in [2.45, 2.75) is 39.2 Å². The van der Waals surface area contributed by atoms with Gasteiger partial charge >= 0.3 is 5.97 Å². The number of aryl methyl sites for hydroxylation is 2. The molecule has 2 N–H and O–H groups in total. The van der Waals surface area contributed by atoms with E-state index >= 15 is 0 Å². The second kappa shape index (κ2) is 10.8. The summed E-state index contributed by atoms with van der Waals surface area (Å²) < 4.78 is 0. The molecule has 0 aliphatic heterocycles. The molecule has 5 nitrogen and oxygen atoms in total. The third-order valence-electron chi connectivity index (χ3n) is 5.86. The second-order valence-electron chi connectivity index (χ2n) is 8.54. The van der Waals surface area contributed by atoms with Crippen LogP contribution in [-0.2, 0) is 17.8 Å². The maximum Gasteiger partial charge on any atom is 0.303 e. The number of rotatable bonds is 9. The smallest absolute Gasteiger partial charge is 0.303 e. The Balaban J connectivity index is 1.58. The van der Waals surface area contributed by atoms with Gasteiger partial charge in [0.2, 0.25) is 0 Å². The van der Waals surface area contributed by atoms with Gasteiger partial charge in [-0.1, -0.05) is 60.2 Å². The Kier molecular flexibility index (Phi) is 7.33. The Bertz CT molecular complexity index is 1300. The number of unbranched alkanes of at least 4 members (excludes halogenated alkanes) is 1. The molecule has 0 aliphatic carbocycles. The molecule has 0 saturated heterocycles. The number of pyridine rings is 1. The molecular weight excluding hydrogens is 424 g/mol. The summed E-state index contributed by atoms with van der Waals surface area (Å²) in [6.45, 7) is 2.51. The molecule has 34 heavy (non-hydrogen) atoms. The SMILES string of the molecule is Cc1ccc(CNC(=O)c2ccc3nc(-c4ccccc4)c(CCCCC(=O)O)cc3c2)cc1. The minimum Gasteiger partial charge on any atom is -0.481 e. The van der Waals surface area contributed by atoms with Crippen molar-refractivity contribution in [3.8, 4) is 11.3 Å². The monoisotopic (exact) mass is 452 g/mol. The van der Waals surface area contributed by atoms with Crippen LogP contribution in [0.5, 0.6) is 0 Å². The lowest BCUT2D eigenvalue weighted by Gasteiger charge is -2.12. The topological polar surface area (TPSA) is 79.3 Å². The second-order valence-corrected chi connectivity index (χ2v) is 8.54. The van der Waals surface area contributed by atoms with E-state index in [4.69, 9.17) is 10.1 Å². The zero-order valence-electron chi connectivity index (χ0n) is 19.3. The number of carbonyl (C=O) groups excluding carboxylic acids is 1. The zero-order valence-corrected chi connectivity index (χ0v) is 19.3. The maximum absolute atomic E-state index is 12.8. The third-order valence-corrected chi connectivity index (χ3v) is 5.86. The average Bonchev–Trinajstić information content (AvgIpc) is 2.85. The highest BCUT2D eigenvalue weighted by molar-refractivity contribution is 5.98. The van der Waals surface area contributed by atoms with Crippen molar-refractivity contribution in [2.75, 3.05) is 0 Å². The number of carbonyl (C=O) groups is 2. The number of aromatic nitrogens is 1. The number of benzene rings is 3. The van der Waals surface area contributed by atoms with Gasteiger partial charge < -0.3 is 10.4 Å². The Morgan fingerprint density at radius 3 is 2.41 bits per heavy atom. The molecule has 1 aromatic heterocycles.